The van der Waals surface area contributed by atoms with Crippen molar-refractivity contribution >= 4 is 7.82 Å². The van der Waals surface area contributed by atoms with Gasteiger partial charge in [-0.05, 0) is 36.8 Å². The number of aryl methyl sites for hydroxylation is 2. The highest BCUT2D eigenvalue weighted by Crippen LogP contribution is 2.35. The molecule has 21 heavy (non-hydrogen) atoms. The predicted molar refractivity (Wildman–Crippen MR) is 85.2 cm³/mol. The van der Waals surface area contributed by atoms with Gasteiger partial charge in [-0.15, -0.1) is 0 Å². The SMILES string of the molecule is CCc1ccccc1CCCCCCCCOP(=O)(O)O. The third kappa shape index (κ3) is 9.05. The molecule has 0 radical (unpaired) electrons. The zero-order chi connectivity index (χ0) is 15.6. The molecule has 0 spiro atoms. The minimum absolute atomic E-state index is 0.147. The summed E-state index contributed by atoms with van der Waals surface area (Å²) < 4.78 is 14.9. The Morgan fingerprint density at radius 1 is 0.952 bits per heavy atom. The van der Waals surface area contributed by atoms with E-state index in [0.29, 0.717) is 6.42 Å². The van der Waals surface area contributed by atoms with Crippen molar-refractivity contribution in [1.82, 2.24) is 0 Å². The average molecular weight is 314 g/mol. The standard InChI is InChI=1S/C16H27O4P/c1-2-15-11-8-9-13-16(15)12-7-5-3-4-6-10-14-20-21(17,18)19/h8-9,11,13H,2-7,10,12,14H2,1H3,(H2,17,18,19). The lowest BCUT2D eigenvalue weighted by atomic mass is 9.99. The van der Waals surface area contributed by atoms with Crippen molar-refractivity contribution < 1.29 is 18.9 Å². The summed E-state index contributed by atoms with van der Waals surface area (Å²) in [6.07, 6.45) is 8.59. The second-order valence-electron chi connectivity index (χ2n) is 5.32. The quantitative estimate of drug-likeness (QED) is 0.473. The van der Waals surface area contributed by atoms with Crippen LogP contribution in [0.1, 0.15) is 56.6 Å². The molecule has 1 rings (SSSR count). The van der Waals surface area contributed by atoms with E-state index in [0.717, 1.165) is 25.7 Å². The molecule has 0 atom stereocenters. The molecule has 0 fully saturated rings. The first-order valence-electron chi connectivity index (χ1n) is 7.80. The van der Waals surface area contributed by atoms with Gasteiger partial charge in [0.1, 0.15) is 0 Å². The van der Waals surface area contributed by atoms with Crippen LogP contribution in [0.3, 0.4) is 0 Å². The summed E-state index contributed by atoms with van der Waals surface area (Å²) >= 11 is 0. The lowest BCUT2D eigenvalue weighted by Crippen LogP contribution is -1.94. The lowest BCUT2D eigenvalue weighted by molar-refractivity contribution is 0.193. The fourth-order valence-corrected chi connectivity index (χ4v) is 2.82. The van der Waals surface area contributed by atoms with Crippen LogP contribution in [0.5, 0.6) is 0 Å². The Kier molecular flexibility index (Phi) is 8.86. The van der Waals surface area contributed by atoms with Crippen LogP contribution in [0.15, 0.2) is 24.3 Å². The first kappa shape index (κ1) is 18.4. The van der Waals surface area contributed by atoms with Crippen molar-refractivity contribution in [2.45, 2.75) is 58.3 Å². The summed E-state index contributed by atoms with van der Waals surface area (Å²) in [5, 5.41) is 0. The van der Waals surface area contributed by atoms with Crippen molar-refractivity contribution in [2.75, 3.05) is 6.61 Å². The molecular formula is C16H27O4P. The Morgan fingerprint density at radius 3 is 2.14 bits per heavy atom. The van der Waals surface area contributed by atoms with Gasteiger partial charge in [-0.25, -0.2) is 4.57 Å². The first-order chi connectivity index (χ1) is 10.0. The number of phosphoric ester groups is 1. The van der Waals surface area contributed by atoms with Gasteiger partial charge in [-0.1, -0.05) is 56.9 Å². The van der Waals surface area contributed by atoms with E-state index in [2.05, 4.69) is 35.7 Å². The van der Waals surface area contributed by atoms with Crippen LogP contribution in [0.25, 0.3) is 0 Å². The fourth-order valence-electron chi connectivity index (χ4n) is 2.45. The zero-order valence-electron chi connectivity index (χ0n) is 12.8. The highest BCUT2D eigenvalue weighted by atomic mass is 31.2. The van der Waals surface area contributed by atoms with Crippen molar-refractivity contribution in [3.05, 3.63) is 35.4 Å². The average Bonchev–Trinajstić information content (AvgIpc) is 2.44. The Balaban J connectivity index is 2.01. The molecule has 0 aliphatic heterocycles. The van der Waals surface area contributed by atoms with Crippen molar-refractivity contribution in [3.63, 3.8) is 0 Å². The van der Waals surface area contributed by atoms with Crippen LogP contribution in [0.4, 0.5) is 0 Å². The fraction of sp³-hybridized carbons (Fsp3) is 0.625. The Bertz CT molecular complexity index is 442. The van der Waals surface area contributed by atoms with E-state index in [1.165, 1.54) is 30.4 Å². The monoisotopic (exact) mass is 314 g/mol. The molecule has 0 aliphatic carbocycles. The zero-order valence-corrected chi connectivity index (χ0v) is 13.7. The van der Waals surface area contributed by atoms with Crippen LogP contribution < -0.4 is 0 Å². The van der Waals surface area contributed by atoms with Crippen LogP contribution in [0, 0.1) is 0 Å². The number of rotatable bonds is 11. The van der Waals surface area contributed by atoms with Gasteiger partial charge in [0.15, 0.2) is 0 Å². The molecular weight excluding hydrogens is 287 g/mol. The maximum absolute atomic E-state index is 10.5. The second kappa shape index (κ2) is 10.1. The smallest absolute Gasteiger partial charge is 0.303 e. The molecule has 1 aromatic carbocycles. The van der Waals surface area contributed by atoms with E-state index in [1.54, 1.807) is 0 Å². The van der Waals surface area contributed by atoms with Gasteiger partial charge in [0.25, 0.3) is 0 Å². The summed E-state index contributed by atoms with van der Waals surface area (Å²) in [6.45, 7) is 2.34. The van der Waals surface area contributed by atoms with E-state index in [4.69, 9.17) is 9.79 Å². The van der Waals surface area contributed by atoms with Crippen LogP contribution >= 0.6 is 7.82 Å². The first-order valence-corrected chi connectivity index (χ1v) is 9.33. The lowest BCUT2D eigenvalue weighted by Gasteiger charge is -2.07. The summed E-state index contributed by atoms with van der Waals surface area (Å²) in [6, 6.07) is 8.63. The molecule has 1 aromatic rings. The molecule has 0 saturated heterocycles. The summed E-state index contributed by atoms with van der Waals surface area (Å²) in [5.41, 5.74) is 2.92. The second-order valence-corrected chi connectivity index (χ2v) is 6.56. The molecule has 0 aromatic heterocycles. The van der Waals surface area contributed by atoms with E-state index in [9.17, 15) is 4.57 Å². The van der Waals surface area contributed by atoms with Crippen molar-refractivity contribution in [1.29, 1.82) is 0 Å². The van der Waals surface area contributed by atoms with Gasteiger partial charge in [0.2, 0.25) is 0 Å². The van der Waals surface area contributed by atoms with Crippen molar-refractivity contribution in [2.24, 2.45) is 0 Å². The molecule has 5 heteroatoms. The van der Waals surface area contributed by atoms with Crippen LogP contribution in [-0.4, -0.2) is 16.4 Å². The third-order valence-electron chi connectivity index (χ3n) is 3.60. The largest absolute Gasteiger partial charge is 0.469 e. The molecule has 0 amide bonds. The number of hydrogen-bond donors (Lipinski definition) is 2. The normalized spacial score (nSPS) is 11.8. The van der Waals surface area contributed by atoms with Crippen LogP contribution in [0.2, 0.25) is 0 Å². The molecule has 2 N–H and O–H groups in total. The van der Waals surface area contributed by atoms with Gasteiger partial charge < -0.3 is 9.79 Å². The minimum Gasteiger partial charge on any atom is -0.303 e. The summed E-state index contributed by atoms with van der Waals surface area (Å²) in [4.78, 5) is 17.1. The third-order valence-corrected chi connectivity index (χ3v) is 4.12. The van der Waals surface area contributed by atoms with Gasteiger partial charge in [-0.3, -0.25) is 4.52 Å². The topological polar surface area (TPSA) is 66.8 Å². The van der Waals surface area contributed by atoms with Gasteiger partial charge in [0, 0.05) is 0 Å². The number of benzene rings is 1. The van der Waals surface area contributed by atoms with E-state index in [-0.39, 0.29) is 6.61 Å². The minimum atomic E-state index is -4.27. The van der Waals surface area contributed by atoms with E-state index >= 15 is 0 Å². The molecule has 4 nitrogen and oxygen atoms in total. The molecule has 0 aliphatic rings. The molecule has 120 valence electrons. The highest BCUT2D eigenvalue weighted by Gasteiger charge is 2.12. The predicted octanol–water partition coefficient (Wildman–Crippen LogP) is 4.24. The maximum Gasteiger partial charge on any atom is 0.469 e. The Labute approximate surface area is 127 Å². The van der Waals surface area contributed by atoms with Crippen molar-refractivity contribution in [3.8, 4) is 0 Å². The highest BCUT2D eigenvalue weighted by molar-refractivity contribution is 7.46. The number of unbranched alkanes of at least 4 members (excludes halogenated alkanes) is 5. The van der Waals surface area contributed by atoms with Gasteiger partial charge in [-0.2, -0.15) is 0 Å². The Morgan fingerprint density at radius 2 is 1.52 bits per heavy atom. The summed E-state index contributed by atoms with van der Waals surface area (Å²) in [7, 11) is -4.27. The number of hydrogen-bond acceptors (Lipinski definition) is 2. The molecule has 0 bridgehead atoms. The number of phosphoric acid groups is 1. The molecule has 0 saturated carbocycles. The van der Waals surface area contributed by atoms with Gasteiger partial charge in [0.05, 0.1) is 6.61 Å². The molecule has 0 unspecified atom stereocenters. The Hall–Kier alpha value is -0.670. The molecule has 0 heterocycles. The summed E-state index contributed by atoms with van der Waals surface area (Å²) in [5.74, 6) is 0. The van der Waals surface area contributed by atoms with E-state index < -0.39 is 7.82 Å². The maximum atomic E-state index is 10.5. The van der Waals surface area contributed by atoms with Crippen LogP contribution in [-0.2, 0) is 21.9 Å². The van der Waals surface area contributed by atoms with Gasteiger partial charge >= 0.3 is 7.82 Å². The van der Waals surface area contributed by atoms with E-state index in [1.807, 2.05) is 0 Å².